The first-order chi connectivity index (χ1) is 8.74. The number of hydrogen-bond acceptors (Lipinski definition) is 3. The van der Waals surface area contributed by atoms with Gasteiger partial charge in [-0.2, -0.15) is 0 Å². The van der Waals surface area contributed by atoms with E-state index >= 15 is 0 Å². The van der Waals surface area contributed by atoms with Crippen LogP contribution in [0.5, 0.6) is 0 Å². The molecule has 2 aliphatic rings. The molecule has 106 valence electrons. The Bertz CT molecular complexity index is 226. The minimum atomic E-state index is 0.787. The predicted molar refractivity (Wildman–Crippen MR) is 78.0 cm³/mol. The van der Waals surface area contributed by atoms with Gasteiger partial charge in [0.05, 0.1) is 0 Å². The number of hydrogen-bond donors (Lipinski definition) is 1. The molecular weight excluding hydrogens is 222 g/mol. The lowest BCUT2D eigenvalue weighted by Gasteiger charge is -2.33. The molecule has 2 atom stereocenters. The maximum Gasteiger partial charge on any atom is 0.00792 e. The molecule has 0 saturated carbocycles. The lowest BCUT2D eigenvalue weighted by atomic mass is 9.97. The van der Waals surface area contributed by atoms with Gasteiger partial charge in [-0.3, -0.25) is 0 Å². The molecule has 2 rings (SSSR count). The van der Waals surface area contributed by atoms with E-state index in [4.69, 9.17) is 0 Å². The van der Waals surface area contributed by atoms with E-state index in [1.54, 1.807) is 0 Å². The molecule has 0 spiro atoms. The highest BCUT2D eigenvalue weighted by molar-refractivity contribution is 4.76. The van der Waals surface area contributed by atoms with Crippen molar-refractivity contribution in [3.63, 3.8) is 0 Å². The van der Waals surface area contributed by atoms with Gasteiger partial charge < -0.3 is 15.1 Å². The molecule has 0 aromatic heterocycles. The van der Waals surface area contributed by atoms with Gasteiger partial charge in [0.1, 0.15) is 0 Å². The summed E-state index contributed by atoms with van der Waals surface area (Å²) in [5.41, 5.74) is 0. The lowest BCUT2D eigenvalue weighted by molar-refractivity contribution is 0.162. The van der Waals surface area contributed by atoms with Gasteiger partial charge in [0, 0.05) is 19.1 Å². The number of piperidine rings is 2. The highest BCUT2D eigenvalue weighted by Crippen LogP contribution is 2.16. The Labute approximate surface area is 113 Å². The predicted octanol–water partition coefficient (Wildman–Crippen LogP) is 1.79. The van der Waals surface area contributed by atoms with Crippen molar-refractivity contribution >= 4 is 0 Å². The first-order valence-corrected chi connectivity index (χ1v) is 7.84. The molecule has 0 aliphatic carbocycles. The second kappa shape index (κ2) is 7.46. The van der Waals surface area contributed by atoms with Gasteiger partial charge >= 0.3 is 0 Å². The highest BCUT2D eigenvalue weighted by Gasteiger charge is 2.19. The molecule has 2 heterocycles. The standard InChI is InChI=1S/C15H31N3/c1-17-10-5-6-14(12-17)13-18(2)11-8-15-7-3-4-9-16-15/h14-16H,3-13H2,1-2H3. The zero-order chi connectivity index (χ0) is 12.8. The van der Waals surface area contributed by atoms with Crippen molar-refractivity contribution in [3.05, 3.63) is 0 Å². The van der Waals surface area contributed by atoms with Gasteiger partial charge in [-0.05, 0) is 71.8 Å². The molecule has 3 nitrogen and oxygen atoms in total. The van der Waals surface area contributed by atoms with E-state index in [0.717, 1.165) is 12.0 Å². The van der Waals surface area contributed by atoms with E-state index in [0.29, 0.717) is 0 Å². The Morgan fingerprint density at radius 2 is 2.11 bits per heavy atom. The lowest BCUT2D eigenvalue weighted by Crippen LogP contribution is -2.40. The topological polar surface area (TPSA) is 18.5 Å². The second-order valence-electron chi connectivity index (χ2n) is 6.47. The fraction of sp³-hybridized carbons (Fsp3) is 1.00. The third-order valence-electron chi connectivity index (χ3n) is 4.56. The van der Waals surface area contributed by atoms with Crippen molar-refractivity contribution in [1.29, 1.82) is 0 Å². The summed E-state index contributed by atoms with van der Waals surface area (Å²) in [7, 11) is 4.57. The van der Waals surface area contributed by atoms with Crippen molar-refractivity contribution < 1.29 is 0 Å². The van der Waals surface area contributed by atoms with E-state index in [-0.39, 0.29) is 0 Å². The van der Waals surface area contributed by atoms with Crippen LogP contribution in [0.15, 0.2) is 0 Å². The van der Waals surface area contributed by atoms with E-state index in [1.807, 2.05) is 0 Å². The van der Waals surface area contributed by atoms with Crippen LogP contribution >= 0.6 is 0 Å². The summed E-state index contributed by atoms with van der Waals surface area (Å²) in [6.07, 6.45) is 8.34. The molecular formula is C15H31N3. The van der Waals surface area contributed by atoms with Crippen molar-refractivity contribution in [3.8, 4) is 0 Å². The van der Waals surface area contributed by atoms with E-state index in [9.17, 15) is 0 Å². The van der Waals surface area contributed by atoms with E-state index in [2.05, 4.69) is 29.2 Å². The highest BCUT2D eigenvalue weighted by atomic mass is 15.1. The monoisotopic (exact) mass is 253 g/mol. The smallest absolute Gasteiger partial charge is 0.00792 e. The fourth-order valence-electron chi connectivity index (χ4n) is 3.50. The largest absolute Gasteiger partial charge is 0.314 e. The van der Waals surface area contributed by atoms with Crippen LogP contribution in [0.4, 0.5) is 0 Å². The second-order valence-corrected chi connectivity index (χ2v) is 6.47. The fourth-order valence-corrected chi connectivity index (χ4v) is 3.50. The van der Waals surface area contributed by atoms with Gasteiger partial charge in [0.15, 0.2) is 0 Å². The van der Waals surface area contributed by atoms with Gasteiger partial charge in [-0.25, -0.2) is 0 Å². The minimum absolute atomic E-state index is 0.787. The molecule has 0 bridgehead atoms. The van der Waals surface area contributed by atoms with Crippen LogP contribution in [0.3, 0.4) is 0 Å². The maximum atomic E-state index is 3.65. The Kier molecular flexibility index (Phi) is 5.93. The Morgan fingerprint density at radius 3 is 2.83 bits per heavy atom. The van der Waals surface area contributed by atoms with Crippen molar-refractivity contribution in [2.24, 2.45) is 5.92 Å². The quantitative estimate of drug-likeness (QED) is 0.806. The summed E-state index contributed by atoms with van der Waals surface area (Å²) in [4.78, 5) is 5.05. The molecule has 2 unspecified atom stereocenters. The van der Waals surface area contributed by atoms with E-state index in [1.165, 1.54) is 71.2 Å². The third kappa shape index (κ3) is 4.87. The van der Waals surface area contributed by atoms with Crippen molar-refractivity contribution in [2.45, 2.75) is 44.6 Å². The summed E-state index contributed by atoms with van der Waals surface area (Å²) < 4.78 is 0. The molecule has 2 fully saturated rings. The molecule has 3 heteroatoms. The first kappa shape index (κ1) is 14.3. The van der Waals surface area contributed by atoms with Crippen molar-refractivity contribution in [2.75, 3.05) is 46.8 Å². The van der Waals surface area contributed by atoms with Crippen LogP contribution in [0.25, 0.3) is 0 Å². The van der Waals surface area contributed by atoms with Gasteiger partial charge in [-0.15, -0.1) is 0 Å². The van der Waals surface area contributed by atoms with Crippen LogP contribution in [0, 0.1) is 5.92 Å². The van der Waals surface area contributed by atoms with Gasteiger partial charge in [-0.1, -0.05) is 6.42 Å². The third-order valence-corrected chi connectivity index (χ3v) is 4.56. The molecule has 0 aromatic rings. The SMILES string of the molecule is CN1CCCC(CN(C)CCC2CCCCN2)C1. The zero-order valence-corrected chi connectivity index (χ0v) is 12.3. The summed E-state index contributed by atoms with van der Waals surface area (Å²) in [5, 5.41) is 3.65. The molecule has 2 saturated heterocycles. The van der Waals surface area contributed by atoms with Crippen molar-refractivity contribution in [1.82, 2.24) is 15.1 Å². The first-order valence-electron chi connectivity index (χ1n) is 7.84. The number of nitrogens with zero attached hydrogens (tertiary/aromatic N) is 2. The Hall–Kier alpha value is -0.120. The molecule has 0 radical (unpaired) electrons. The summed E-state index contributed by atoms with van der Waals surface area (Å²) in [6, 6.07) is 0.787. The number of rotatable bonds is 5. The molecule has 18 heavy (non-hydrogen) atoms. The average molecular weight is 253 g/mol. The van der Waals surface area contributed by atoms with Crippen LogP contribution in [-0.2, 0) is 0 Å². The minimum Gasteiger partial charge on any atom is -0.314 e. The van der Waals surface area contributed by atoms with Crippen LogP contribution in [-0.4, -0.2) is 62.7 Å². The molecule has 0 aromatic carbocycles. The zero-order valence-electron chi connectivity index (χ0n) is 12.3. The Morgan fingerprint density at radius 1 is 1.22 bits per heavy atom. The van der Waals surface area contributed by atoms with E-state index < -0.39 is 0 Å². The van der Waals surface area contributed by atoms with Crippen LogP contribution in [0.2, 0.25) is 0 Å². The van der Waals surface area contributed by atoms with Gasteiger partial charge in [0.2, 0.25) is 0 Å². The average Bonchev–Trinajstić information content (AvgIpc) is 2.38. The summed E-state index contributed by atoms with van der Waals surface area (Å²) >= 11 is 0. The number of nitrogens with one attached hydrogen (secondary N) is 1. The molecule has 1 N–H and O–H groups in total. The molecule has 0 amide bonds. The summed E-state index contributed by atoms with van der Waals surface area (Å²) in [6.45, 7) is 6.38. The number of likely N-dealkylation sites (tertiary alicyclic amines) is 1. The normalized spacial score (nSPS) is 30.8. The van der Waals surface area contributed by atoms with Crippen LogP contribution < -0.4 is 5.32 Å². The summed E-state index contributed by atoms with van der Waals surface area (Å²) in [5.74, 6) is 0.896. The maximum absolute atomic E-state index is 3.65. The Balaban J connectivity index is 1.60. The van der Waals surface area contributed by atoms with Crippen LogP contribution in [0.1, 0.15) is 38.5 Å². The molecule has 2 aliphatic heterocycles. The van der Waals surface area contributed by atoms with Gasteiger partial charge in [0.25, 0.3) is 0 Å².